The zero-order chi connectivity index (χ0) is 11.3. The van der Waals surface area contributed by atoms with Gasteiger partial charge in [-0.15, -0.1) is 0 Å². The summed E-state index contributed by atoms with van der Waals surface area (Å²) in [6.45, 7) is 0. The maximum Gasteiger partial charge on any atom is 0.305 e. The molecule has 1 aliphatic rings. The largest absolute Gasteiger partial charge is 0.469 e. The van der Waals surface area contributed by atoms with Crippen molar-refractivity contribution in [1.29, 1.82) is 0 Å². The zero-order valence-corrected chi connectivity index (χ0v) is 9.02. The molecule has 1 heterocycles. The molecule has 0 amide bonds. The van der Waals surface area contributed by atoms with Gasteiger partial charge in [-0.25, -0.2) is 0 Å². The van der Waals surface area contributed by atoms with Crippen molar-refractivity contribution in [3.05, 3.63) is 0 Å². The van der Waals surface area contributed by atoms with Gasteiger partial charge in [0.1, 0.15) is 0 Å². The summed E-state index contributed by atoms with van der Waals surface area (Å²) in [5, 5.41) is 0. The van der Waals surface area contributed by atoms with Crippen LogP contribution in [-0.2, 0) is 23.8 Å². The van der Waals surface area contributed by atoms with Crippen LogP contribution in [0.15, 0.2) is 0 Å². The predicted octanol–water partition coefficient (Wildman–Crippen LogP) is 0.660. The molecule has 1 aliphatic heterocycles. The van der Waals surface area contributed by atoms with Crippen LogP contribution in [0.25, 0.3) is 0 Å². The molecule has 0 spiro atoms. The van der Waals surface area contributed by atoms with Crippen LogP contribution in [0.5, 0.6) is 0 Å². The molecule has 0 N–H and O–H groups in total. The molecular formula is C10H16O5. The third-order valence-corrected chi connectivity index (χ3v) is 2.41. The fraction of sp³-hybridized carbons (Fsp3) is 0.800. The Hall–Kier alpha value is -1.10. The normalized spacial score (nSPS) is 23.3. The van der Waals surface area contributed by atoms with Crippen LogP contribution in [-0.4, -0.2) is 38.4 Å². The molecule has 1 rings (SSSR count). The fourth-order valence-corrected chi connectivity index (χ4v) is 1.41. The molecule has 0 aromatic heterocycles. The van der Waals surface area contributed by atoms with E-state index in [1.165, 1.54) is 14.2 Å². The third-order valence-electron chi connectivity index (χ3n) is 2.41. The van der Waals surface area contributed by atoms with E-state index in [0.29, 0.717) is 25.7 Å². The molecule has 2 atom stereocenters. The Bertz CT molecular complexity index is 214. The number of methoxy groups -OCH3 is 2. The molecule has 5 nitrogen and oxygen atoms in total. The average molecular weight is 216 g/mol. The van der Waals surface area contributed by atoms with Crippen molar-refractivity contribution in [1.82, 2.24) is 0 Å². The van der Waals surface area contributed by atoms with Crippen molar-refractivity contribution in [3.63, 3.8) is 0 Å². The van der Waals surface area contributed by atoms with Gasteiger partial charge in [0, 0.05) is 12.8 Å². The molecule has 86 valence electrons. The first-order valence-corrected chi connectivity index (χ1v) is 4.96. The van der Waals surface area contributed by atoms with Gasteiger partial charge in [0.25, 0.3) is 0 Å². The summed E-state index contributed by atoms with van der Waals surface area (Å²) in [7, 11) is 2.73. The molecule has 0 aromatic carbocycles. The Morgan fingerprint density at radius 1 is 1.00 bits per heavy atom. The second-order valence-corrected chi connectivity index (χ2v) is 3.44. The maximum absolute atomic E-state index is 10.8. The summed E-state index contributed by atoms with van der Waals surface area (Å²) in [5.41, 5.74) is 0. The molecule has 0 aromatic rings. The van der Waals surface area contributed by atoms with E-state index in [2.05, 4.69) is 9.47 Å². The molecule has 5 heteroatoms. The summed E-state index contributed by atoms with van der Waals surface area (Å²) in [5.74, 6) is -0.450. The summed E-state index contributed by atoms with van der Waals surface area (Å²) in [6.07, 6.45) is 2.28. The first-order chi connectivity index (χ1) is 7.17. The highest BCUT2D eigenvalue weighted by Crippen LogP contribution is 2.30. The van der Waals surface area contributed by atoms with Crippen molar-refractivity contribution in [2.75, 3.05) is 14.2 Å². The standard InChI is InChI=1S/C10H16O5/c1-13-9(11)5-3-7-8(15-7)4-6-10(12)14-2/h7-8H,3-6H2,1-2H3/t7-,8-/m1/s1. The molecule has 0 unspecified atom stereocenters. The lowest BCUT2D eigenvalue weighted by Crippen LogP contribution is -2.05. The first kappa shape index (κ1) is 12.0. The molecule has 0 saturated carbocycles. The number of rotatable bonds is 6. The lowest BCUT2D eigenvalue weighted by molar-refractivity contribution is -0.141. The van der Waals surface area contributed by atoms with E-state index < -0.39 is 0 Å². The molecule has 1 saturated heterocycles. The van der Waals surface area contributed by atoms with Gasteiger partial charge < -0.3 is 14.2 Å². The Balaban J connectivity index is 2.03. The van der Waals surface area contributed by atoms with Crippen molar-refractivity contribution < 1.29 is 23.8 Å². The first-order valence-electron chi connectivity index (χ1n) is 4.96. The van der Waals surface area contributed by atoms with Gasteiger partial charge in [-0.1, -0.05) is 0 Å². The topological polar surface area (TPSA) is 65.1 Å². The summed E-state index contributed by atoms with van der Waals surface area (Å²) in [6, 6.07) is 0. The van der Waals surface area contributed by atoms with Gasteiger partial charge in [-0.05, 0) is 12.8 Å². The Morgan fingerprint density at radius 3 is 1.73 bits per heavy atom. The van der Waals surface area contributed by atoms with Gasteiger partial charge in [-0.3, -0.25) is 9.59 Å². The summed E-state index contributed by atoms with van der Waals surface area (Å²) >= 11 is 0. The van der Waals surface area contributed by atoms with Gasteiger partial charge in [-0.2, -0.15) is 0 Å². The molecule has 1 fully saturated rings. The van der Waals surface area contributed by atoms with Crippen LogP contribution in [0, 0.1) is 0 Å². The van der Waals surface area contributed by atoms with Gasteiger partial charge in [0.2, 0.25) is 0 Å². The summed E-state index contributed by atoms with van der Waals surface area (Å²) in [4.78, 5) is 21.6. The third kappa shape index (κ3) is 4.29. The number of epoxide rings is 1. The lowest BCUT2D eigenvalue weighted by atomic mass is 10.1. The minimum Gasteiger partial charge on any atom is -0.469 e. The van der Waals surface area contributed by atoms with E-state index in [-0.39, 0.29) is 24.1 Å². The van der Waals surface area contributed by atoms with Crippen molar-refractivity contribution in [3.8, 4) is 0 Å². The number of hydrogen-bond donors (Lipinski definition) is 0. The average Bonchev–Trinajstić information content (AvgIpc) is 3.01. The van der Waals surface area contributed by atoms with Crippen LogP contribution in [0.4, 0.5) is 0 Å². The molecule has 15 heavy (non-hydrogen) atoms. The number of carbonyl (C=O) groups is 2. The number of hydrogen-bond acceptors (Lipinski definition) is 5. The smallest absolute Gasteiger partial charge is 0.305 e. The van der Waals surface area contributed by atoms with E-state index in [4.69, 9.17) is 4.74 Å². The Morgan fingerprint density at radius 2 is 1.40 bits per heavy atom. The number of ether oxygens (including phenoxy) is 3. The zero-order valence-electron chi connectivity index (χ0n) is 9.02. The highest BCUT2D eigenvalue weighted by Gasteiger charge is 2.38. The molecule has 0 bridgehead atoms. The van der Waals surface area contributed by atoms with Crippen molar-refractivity contribution in [2.24, 2.45) is 0 Å². The van der Waals surface area contributed by atoms with E-state index in [1.807, 2.05) is 0 Å². The highest BCUT2D eigenvalue weighted by molar-refractivity contribution is 5.69. The van der Waals surface area contributed by atoms with Crippen LogP contribution in [0.1, 0.15) is 25.7 Å². The van der Waals surface area contributed by atoms with Crippen molar-refractivity contribution >= 4 is 11.9 Å². The molecule has 0 aliphatic carbocycles. The Labute approximate surface area is 88.7 Å². The van der Waals surface area contributed by atoms with Gasteiger partial charge in [0.05, 0.1) is 26.4 Å². The van der Waals surface area contributed by atoms with Crippen molar-refractivity contribution in [2.45, 2.75) is 37.9 Å². The van der Waals surface area contributed by atoms with E-state index in [9.17, 15) is 9.59 Å². The quantitative estimate of drug-likeness (QED) is 0.482. The van der Waals surface area contributed by atoms with Crippen LogP contribution >= 0.6 is 0 Å². The lowest BCUT2D eigenvalue weighted by Gasteiger charge is -1.96. The van der Waals surface area contributed by atoms with E-state index in [0.717, 1.165) is 0 Å². The van der Waals surface area contributed by atoms with E-state index in [1.54, 1.807) is 0 Å². The van der Waals surface area contributed by atoms with Crippen LogP contribution in [0.3, 0.4) is 0 Å². The molecule has 0 radical (unpaired) electrons. The summed E-state index contributed by atoms with van der Waals surface area (Å²) < 4.78 is 14.3. The predicted molar refractivity (Wildman–Crippen MR) is 51.2 cm³/mol. The van der Waals surface area contributed by atoms with Crippen LogP contribution < -0.4 is 0 Å². The highest BCUT2D eigenvalue weighted by atomic mass is 16.6. The second-order valence-electron chi connectivity index (χ2n) is 3.44. The maximum atomic E-state index is 10.8. The number of esters is 2. The second kappa shape index (κ2) is 5.70. The van der Waals surface area contributed by atoms with E-state index >= 15 is 0 Å². The SMILES string of the molecule is COC(=O)CC[C@H]1O[C@@H]1CCC(=O)OC. The number of carbonyl (C=O) groups excluding carboxylic acids is 2. The minimum atomic E-state index is -0.225. The van der Waals surface area contributed by atoms with Gasteiger partial charge in [0.15, 0.2) is 0 Å². The fourth-order valence-electron chi connectivity index (χ4n) is 1.41. The monoisotopic (exact) mass is 216 g/mol. The molecular weight excluding hydrogens is 200 g/mol. The van der Waals surface area contributed by atoms with Gasteiger partial charge >= 0.3 is 11.9 Å². The Kier molecular flexibility index (Phi) is 4.55. The van der Waals surface area contributed by atoms with Crippen LogP contribution in [0.2, 0.25) is 0 Å². The minimum absolute atomic E-state index is 0.105.